The van der Waals surface area contributed by atoms with Gasteiger partial charge in [-0.05, 0) is 24.3 Å². The Labute approximate surface area is 113 Å². The molecule has 20 heavy (non-hydrogen) atoms. The summed E-state index contributed by atoms with van der Waals surface area (Å²) in [5, 5.41) is 41.7. The van der Waals surface area contributed by atoms with E-state index >= 15 is 0 Å². The fourth-order valence-corrected chi connectivity index (χ4v) is 1.65. The Morgan fingerprint density at radius 3 is 2.25 bits per heavy atom. The summed E-state index contributed by atoms with van der Waals surface area (Å²) in [6, 6.07) is 8.52. The molecule has 0 radical (unpaired) electrons. The summed E-state index contributed by atoms with van der Waals surface area (Å²) < 4.78 is 0. The summed E-state index contributed by atoms with van der Waals surface area (Å²) in [7, 11) is 0. The molecule has 2 aromatic rings. The van der Waals surface area contributed by atoms with Crippen molar-refractivity contribution >= 4 is 11.4 Å². The highest BCUT2D eigenvalue weighted by Gasteiger charge is 2.11. The van der Waals surface area contributed by atoms with Crippen molar-refractivity contribution in [2.75, 3.05) is 5.32 Å². The first kappa shape index (κ1) is 13.5. The molecule has 7 nitrogen and oxygen atoms in total. The number of nitro benzene ring substituents is 1. The smallest absolute Gasteiger partial charge is 0.269 e. The lowest BCUT2D eigenvalue weighted by molar-refractivity contribution is -0.384. The van der Waals surface area contributed by atoms with Crippen LogP contribution in [0.15, 0.2) is 36.4 Å². The number of benzene rings is 2. The molecule has 0 amide bonds. The van der Waals surface area contributed by atoms with Gasteiger partial charge in [0.1, 0.15) is 0 Å². The number of aromatic hydroxyl groups is 3. The fourth-order valence-electron chi connectivity index (χ4n) is 1.65. The molecule has 7 heteroatoms. The van der Waals surface area contributed by atoms with Gasteiger partial charge in [-0.3, -0.25) is 10.1 Å². The number of phenols is 3. The number of hydrogen-bond donors (Lipinski definition) is 4. The van der Waals surface area contributed by atoms with Crippen LogP contribution in [-0.2, 0) is 6.54 Å². The molecule has 0 aliphatic heterocycles. The van der Waals surface area contributed by atoms with E-state index in [2.05, 4.69) is 5.32 Å². The van der Waals surface area contributed by atoms with Gasteiger partial charge in [0.25, 0.3) is 5.69 Å². The molecule has 0 saturated heterocycles. The van der Waals surface area contributed by atoms with E-state index in [9.17, 15) is 25.4 Å². The van der Waals surface area contributed by atoms with E-state index in [-0.39, 0.29) is 12.2 Å². The predicted molar refractivity (Wildman–Crippen MR) is 71.9 cm³/mol. The van der Waals surface area contributed by atoms with Gasteiger partial charge in [-0.15, -0.1) is 0 Å². The number of nitro groups is 1. The summed E-state index contributed by atoms with van der Waals surface area (Å²) in [4.78, 5) is 10.0. The molecule has 0 unspecified atom stereocenters. The Morgan fingerprint density at radius 1 is 1.00 bits per heavy atom. The van der Waals surface area contributed by atoms with Gasteiger partial charge in [-0.25, -0.2) is 0 Å². The molecule has 0 aliphatic carbocycles. The van der Waals surface area contributed by atoms with E-state index in [1.165, 1.54) is 36.4 Å². The fraction of sp³-hybridized carbons (Fsp3) is 0.0769. The molecule has 0 aliphatic rings. The molecule has 0 spiro atoms. The molecule has 104 valence electrons. The Morgan fingerprint density at radius 2 is 1.65 bits per heavy atom. The van der Waals surface area contributed by atoms with Crippen LogP contribution < -0.4 is 5.32 Å². The molecule has 0 fully saturated rings. The lowest BCUT2D eigenvalue weighted by atomic mass is 10.1. The molecule has 2 rings (SSSR count). The second-order valence-corrected chi connectivity index (χ2v) is 4.10. The van der Waals surface area contributed by atoms with Crippen molar-refractivity contribution in [2.45, 2.75) is 6.54 Å². The maximum atomic E-state index is 10.5. The van der Waals surface area contributed by atoms with Crippen LogP contribution in [0.1, 0.15) is 5.56 Å². The standard InChI is InChI=1S/C13H12N2O5/c16-11-6-1-8(12(17)13(11)18)7-14-9-2-4-10(5-3-9)15(19)20/h1-6,14,16-18H,7H2. The SMILES string of the molecule is O=[N+]([O-])c1ccc(NCc2ccc(O)c(O)c2O)cc1. The third-order valence-corrected chi connectivity index (χ3v) is 2.77. The summed E-state index contributed by atoms with van der Waals surface area (Å²) in [6.07, 6.45) is 0. The highest BCUT2D eigenvalue weighted by atomic mass is 16.6. The van der Waals surface area contributed by atoms with Crippen LogP contribution in [0, 0.1) is 10.1 Å². The first-order chi connectivity index (χ1) is 9.49. The average Bonchev–Trinajstić information content (AvgIpc) is 2.44. The predicted octanol–water partition coefficient (Wildman–Crippen LogP) is 2.32. The minimum absolute atomic E-state index is 0.0133. The Balaban J connectivity index is 2.09. The summed E-state index contributed by atoms with van der Waals surface area (Å²) >= 11 is 0. The lowest BCUT2D eigenvalue weighted by Gasteiger charge is -2.09. The number of nitrogens with one attached hydrogen (secondary N) is 1. The average molecular weight is 276 g/mol. The lowest BCUT2D eigenvalue weighted by Crippen LogP contribution is -2.00. The minimum Gasteiger partial charge on any atom is -0.504 e. The van der Waals surface area contributed by atoms with E-state index in [1.54, 1.807) is 0 Å². The quantitative estimate of drug-likeness (QED) is 0.387. The number of rotatable bonds is 4. The number of phenolic OH excluding ortho intramolecular Hbond substituents is 3. The molecule has 4 N–H and O–H groups in total. The van der Waals surface area contributed by atoms with Gasteiger partial charge in [0, 0.05) is 29.9 Å². The Bertz CT molecular complexity index is 640. The van der Waals surface area contributed by atoms with Gasteiger partial charge < -0.3 is 20.6 Å². The summed E-state index contributed by atoms with van der Waals surface area (Å²) in [5.41, 5.74) is 1.00. The van der Waals surface area contributed by atoms with Crippen LogP contribution in [0.4, 0.5) is 11.4 Å². The third kappa shape index (κ3) is 2.72. The second-order valence-electron chi connectivity index (χ2n) is 4.10. The molecular weight excluding hydrogens is 264 g/mol. The third-order valence-electron chi connectivity index (χ3n) is 2.77. The van der Waals surface area contributed by atoms with Gasteiger partial charge in [0.2, 0.25) is 5.75 Å². The number of hydrogen-bond acceptors (Lipinski definition) is 6. The first-order valence-corrected chi connectivity index (χ1v) is 5.70. The van der Waals surface area contributed by atoms with E-state index in [0.29, 0.717) is 11.3 Å². The number of nitrogens with zero attached hydrogens (tertiary/aromatic N) is 1. The van der Waals surface area contributed by atoms with Crippen LogP contribution in [-0.4, -0.2) is 20.2 Å². The summed E-state index contributed by atoms with van der Waals surface area (Å²) in [6.45, 7) is 0.192. The largest absolute Gasteiger partial charge is 0.504 e. The van der Waals surface area contributed by atoms with E-state index in [0.717, 1.165) is 0 Å². The van der Waals surface area contributed by atoms with Gasteiger partial charge >= 0.3 is 0 Å². The summed E-state index contributed by atoms with van der Waals surface area (Å²) in [5.74, 6) is -1.38. The van der Waals surface area contributed by atoms with Crippen LogP contribution in [0.2, 0.25) is 0 Å². The monoisotopic (exact) mass is 276 g/mol. The minimum atomic E-state index is -0.576. The van der Waals surface area contributed by atoms with E-state index in [4.69, 9.17) is 0 Å². The van der Waals surface area contributed by atoms with E-state index in [1.807, 2.05) is 0 Å². The highest BCUT2D eigenvalue weighted by Crippen LogP contribution is 2.37. The molecule has 2 aromatic carbocycles. The van der Waals surface area contributed by atoms with Crippen LogP contribution in [0.5, 0.6) is 17.2 Å². The first-order valence-electron chi connectivity index (χ1n) is 5.70. The van der Waals surface area contributed by atoms with Gasteiger partial charge in [-0.2, -0.15) is 0 Å². The van der Waals surface area contributed by atoms with Crippen molar-refractivity contribution < 1.29 is 20.2 Å². The molecule has 0 atom stereocenters. The normalized spacial score (nSPS) is 10.2. The molecule has 0 saturated carbocycles. The highest BCUT2D eigenvalue weighted by molar-refractivity contribution is 5.55. The Kier molecular flexibility index (Phi) is 3.60. The zero-order valence-electron chi connectivity index (χ0n) is 10.3. The molecule has 0 aromatic heterocycles. The van der Waals surface area contributed by atoms with Crippen molar-refractivity contribution in [1.29, 1.82) is 0 Å². The number of anilines is 1. The zero-order chi connectivity index (χ0) is 14.7. The van der Waals surface area contributed by atoms with Gasteiger partial charge in [0.05, 0.1) is 4.92 Å². The van der Waals surface area contributed by atoms with Gasteiger partial charge in [-0.1, -0.05) is 0 Å². The maximum Gasteiger partial charge on any atom is 0.269 e. The van der Waals surface area contributed by atoms with E-state index < -0.39 is 22.2 Å². The van der Waals surface area contributed by atoms with Crippen LogP contribution in [0.3, 0.4) is 0 Å². The topological polar surface area (TPSA) is 116 Å². The van der Waals surface area contributed by atoms with Crippen molar-refractivity contribution in [1.82, 2.24) is 0 Å². The maximum absolute atomic E-state index is 10.5. The second kappa shape index (κ2) is 5.35. The molecule has 0 heterocycles. The molecular formula is C13H12N2O5. The van der Waals surface area contributed by atoms with Crippen LogP contribution in [0.25, 0.3) is 0 Å². The Hall–Kier alpha value is -2.96. The molecule has 0 bridgehead atoms. The zero-order valence-corrected chi connectivity index (χ0v) is 10.3. The van der Waals surface area contributed by atoms with Crippen LogP contribution >= 0.6 is 0 Å². The van der Waals surface area contributed by atoms with Crippen molar-refractivity contribution in [3.05, 3.63) is 52.1 Å². The van der Waals surface area contributed by atoms with Crippen molar-refractivity contribution in [3.63, 3.8) is 0 Å². The number of non-ortho nitro benzene ring substituents is 1. The van der Waals surface area contributed by atoms with Gasteiger partial charge in [0.15, 0.2) is 11.5 Å². The van der Waals surface area contributed by atoms with Crippen molar-refractivity contribution in [3.8, 4) is 17.2 Å². The van der Waals surface area contributed by atoms with Crippen molar-refractivity contribution in [2.24, 2.45) is 0 Å².